The highest BCUT2D eigenvalue weighted by molar-refractivity contribution is 7.91. The minimum Gasteiger partial charge on any atom is -0.322 e. The zero-order chi connectivity index (χ0) is 12.6. The molecule has 2 N–H and O–H groups in total. The normalized spacial score (nSPS) is 25.0. The number of aromatic nitrogens is 2. The van der Waals surface area contributed by atoms with Crippen LogP contribution in [0.15, 0.2) is 6.20 Å². The molecule has 2 atom stereocenters. The molecular weight excluding hydrogens is 262 g/mol. The Labute approximate surface area is 106 Å². The van der Waals surface area contributed by atoms with Crippen molar-refractivity contribution in [3.8, 4) is 0 Å². The first-order chi connectivity index (χ1) is 7.94. The number of nitrogens with zero attached hydrogens (tertiary/aromatic N) is 2. The van der Waals surface area contributed by atoms with Gasteiger partial charge in [-0.15, -0.1) is 0 Å². The lowest BCUT2D eigenvalue weighted by molar-refractivity contribution is 0.443. The van der Waals surface area contributed by atoms with Crippen molar-refractivity contribution < 1.29 is 8.42 Å². The molecule has 1 aliphatic heterocycles. The van der Waals surface area contributed by atoms with Crippen LogP contribution in [0.1, 0.15) is 25.1 Å². The van der Waals surface area contributed by atoms with E-state index in [1.54, 1.807) is 10.9 Å². The van der Waals surface area contributed by atoms with Gasteiger partial charge in [0.15, 0.2) is 9.84 Å². The Bertz CT molecular complexity index is 512. The first kappa shape index (κ1) is 12.9. The number of hydrogen-bond donors (Lipinski definition) is 1. The lowest BCUT2D eigenvalue weighted by atomic mass is 9.97. The van der Waals surface area contributed by atoms with Crippen molar-refractivity contribution in [3.63, 3.8) is 0 Å². The monoisotopic (exact) mass is 277 g/mol. The molecule has 0 bridgehead atoms. The van der Waals surface area contributed by atoms with Gasteiger partial charge < -0.3 is 5.73 Å². The Morgan fingerprint density at radius 1 is 1.71 bits per heavy atom. The standard InChI is InChI=1S/C10H16ClN3O2S/c1-2-14-10(8(11)5-13-14)9(12)7-3-4-17(15,16)6-7/h5,7,9H,2-4,6,12H2,1H3. The minimum atomic E-state index is -2.92. The van der Waals surface area contributed by atoms with Gasteiger partial charge >= 0.3 is 0 Å². The summed E-state index contributed by atoms with van der Waals surface area (Å²) in [5.41, 5.74) is 6.88. The molecule has 7 heteroatoms. The summed E-state index contributed by atoms with van der Waals surface area (Å²) >= 11 is 6.06. The third-order valence-corrected chi connectivity index (χ3v) is 5.31. The highest BCUT2D eigenvalue weighted by atomic mass is 35.5. The van der Waals surface area contributed by atoms with Gasteiger partial charge in [-0.05, 0) is 19.3 Å². The maximum Gasteiger partial charge on any atom is 0.150 e. The second-order valence-corrected chi connectivity index (χ2v) is 7.02. The molecule has 2 unspecified atom stereocenters. The van der Waals surface area contributed by atoms with E-state index in [2.05, 4.69) is 5.10 Å². The zero-order valence-electron chi connectivity index (χ0n) is 9.63. The smallest absolute Gasteiger partial charge is 0.150 e. The van der Waals surface area contributed by atoms with Crippen LogP contribution < -0.4 is 5.73 Å². The third-order valence-electron chi connectivity index (χ3n) is 3.22. The summed E-state index contributed by atoms with van der Waals surface area (Å²) < 4.78 is 24.6. The van der Waals surface area contributed by atoms with Crippen molar-refractivity contribution >= 4 is 21.4 Å². The zero-order valence-corrected chi connectivity index (χ0v) is 11.2. The maximum absolute atomic E-state index is 11.4. The first-order valence-corrected chi connectivity index (χ1v) is 7.81. The topological polar surface area (TPSA) is 78.0 Å². The van der Waals surface area contributed by atoms with Gasteiger partial charge in [0.1, 0.15) is 0 Å². The summed E-state index contributed by atoms with van der Waals surface area (Å²) in [6.07, 6.45) is 2.17. The van der Waals surface area contributed by atoms with Crippen LogP contribution in [-0.2, 0) is 16.4 Å². The highest BCUT2D eigenvalue weighted by Crippen LogP contribution is 2.32. The van der Waals surface area contributed by atoms with Crippen molar-refractivity contribution in [1.29, 1.82) is 0 Å². The minimum absolute atomic E-state index is 0.0560. The molecule has 17 heavy (non-hydrogen) atoms. The van der Waals surface area contributed by atoms with Gasteiger partial charge in [-0.2, -0.15) is 5.10 Å². The average molecular weight is 278 g/mol. The predicted octanol–water partition coefficient (Wildman–Crippen LogP) is 0.991. The van der Waals surface area contributed by atoms with E-state index in [0.717, 1.165) is 5.69 Å². The quantitative estimate of drug-likeness (QED) is 0.894. The molecule has 0 spiro atoms. The van der Waals surface area contributed by atoms with Crippen molar-refractivity contribution in [2.45, 2.75) is 25.9 Å². The number of rotatable bonds is 3. The van der Waals surface area contributed by atoms with E-state index in [9.17, 15) is 8.42 Å². The van der Waals surface area contributed by atoms with Crippen molar-refractivity contribution in [1.82, 2.24) is 9.78 Å². The number of sulfone groups is 1. The second kappa shape index (κ2) is 4.59. The van der Waals surface area contributed by atoms with Gasteiger partial charge in [-0.1, -0.05) is 11.6 Å². The van der Waals surface area contributed by atoms with Crippen LogP contribution in [0.25, 0.3) is 0 Å². The molecule has 5 nitrogen and oxygen atoms in total. The maximum atomic E-state index is 11.4. The summed E-state index contributed by atoms with van der Waals surface area (Å²) in [4.78, 5) is 0. The van der Waals surface area contributed by atoms with E-state index in [0.29, 0.717) is 18.0 Å². The third kappa shape index (κ3) is 2.48. The van der Waals surface area contributed by atoms with Gasteiger partial charge in [0, 0.05) is 6.54 Å². The average Bonchev–Trinajstić information content (AvgIpc) is 2.80. The van der Waals surface area contributed by atoms with Crippen LogP contribution >= 0.6 is 11.6 Å². The fourth-order valence-electron chi connectivity index (χ4n) is 2.29. The molecule has 1 aliphatic rings. The number of halogens is 1. The SMILES string of the molecule is CCn1ncc(Cl)c1C(N)C1CCS(=O)(=O)C1. The fourth-order valence-corrected chi connectivity index (χ4v) is 4.41. The summed E-state index contributed by atoms with van der Waals surface area (Å²) in [5, 5.41) is 4.64. The van der Waals surface area contributed by atoms with E-state index in [-0.39, 0.29) is 23.5 Å². The molecule has 0 radical (unpaired) electrons. The molecule has 1 aromatic heterocycles. The van der Waals surface area contributed by atoms with Crippen molar-refractivity contribution in [3.05, 3.63) is 16.9 Å². The van der Waals surface area contributed by atoms with E-state index >= 15 is 0 Å². The van der Waals surface area contributed by atoms with E-state index in [4.69, 9.17) is 17.3 Å². The highest BCUT2D eigenvalue weighted by Gasteiger charge is 2.34. The first-order valence-electron chi connectivity index (χ1n) is 5.62. The van der Waals surface area contributed by atoms with Gasteiger partial charge in [0.25, 0.3) is 0 Å². The largest absolute Gasteiger partial charge is 0.322 e. The molecule has 0 amide bonds. The van der Waals surface area contributed by atoms with Crippen molar-refractivity contribution in [2.24, 2.45) is 11.7 Å². The molecule has 0 aromatic carbocycles. The molecule has 2 heterocycles. The van der Waals surface area contributed by atoms with Gasteiger partial charge in [-0.25, -0.2) is 8.42 Å². The number of nitrogens with two attached hydrogens (primary N) is 1. The van der Waals surface area contributed by atoms with Crippen molar-refractivity contribution in [2.75, 3.05) is 11.5 Å². The van der Waals surface area contributed by atoms with Crippen LogP contribution in [0.3, 0.4) is 0 Å². The van der Waals surface area contributed by atoms with E-state index in [1.165, 1.54) is 0 Å². The van der Waals surface area contributed by atoms with Gasteiger partial charge in [0.2, 0.25) is 0 Å². The van der Waals surface area contributed by atoms with Gasteiger partial charge in [0.05, 0.1) is 34.5 Å². The summed E-state index contributed by atoms with van der Waals surface area (Å²) in [6, 6.07) is -0.359. The Morgan fingerprint density at radius 3 is 2.94 bits per heavy atom. The molecule has 1 aromatic rings. The summed E-state index contributed by atoms with van der Waals surface area (Å²) in [6.45, 7) is 2.63. The molecule has 2 rings (SSSR count). The van der Waals surface area contributed by atoms with Crippen LogP contribution in [0, 0.1) is 5.92 Å². The van der Waals surface area contributed by atoms with E-state index in [1.807, 2.05) is 6.92 Å². The Morgan fingerprint density at radius 2 is 2.41 bits per heavy atom. The van der Waals surface area contributed by atoms with Crippen LogP contribution in [0.4, 0.5) is 0 Å². The molecule has 1 saturated heterocycles. The van der Waals surface area contributed by atoms with Gasteiger partial charge in [-0.3, -0.25) is 4.68 Å². The summed E-state index contributed by atoms with van der Waals surface area (Å²) in [5.74, 6) is 0.322. The molecule has 0 saturated carbocycles. The van der Waals surface area contributed by atoms with Crippen LogP contribution in [-0.4, -0.2) is 29.7 Å². The second-order valence-electron chi connectivity index (χ2n) is 4.38. The molecule has 1 fully saturated rings. The Balaban J connectivity index is 2.25. The van der Waals surface area contributed by atoms with Crippen LogP contribution in [0.5, 0.6) is 0 Å². The Kier molecular flexibility index (Phi) is 3.47. The number of hydrogen-bond acceptors (Lipinski definition) is 4. The predicted molar refractivity (Wildman–Crippen MR) is 66.6 cm³/mol. The molecule has 96 valence electrons. The van der Waals surface area contributed by atoms with E-state index < -0.39 is 9.84 Å². The lowest BCUT2D eigenvalue weighted by Crippen LogP contribution is -2.25. The molecular formula is C10H16ClN3O2S. The van der Waals surface area contributed by atoms with Crippen LogP contribution in [0.2, 0.25) is 5.02 Å². The fraction of sp³-hybridized carbons (Fsp3) is 0.700. The lowest BCUT2D eigenvalue weighted by Gasteiger charge is -2.19. The summed E-state index contributed by atoms with van der Waals surface area (Å²) in [7, 11) is -2.92. The number of aryl methyl sites for hydroxylation is 1. The Hall–Kier alpha value is -0.590. The molecule has 0 aliphatic carbocycles.